The van der Waals surface area contributed by atoms with Crippen LogP contribution in [0.4, 0.5) is 17.1 Å². The molecule has 0 amide bonds. The van der Waals surface area contributed by atoms with Crippen molar-refractivity contribution in [3.8, 4) is 11.1 Å². The molecular weight excluding hydrogens is 568 g/mol. The molecule has 0 unspecified atom stereocenters. The fourth-order valence-corrected chi connectivity index (χ4v) is 6.81. The van der Waals surface area contributed by atoms with Crippen molar-refractivity contribution in [1.82, 2.24) is 4.98 Å². The number of benzene rings is 6. The predicted molar refractivity (Wildman–Crippen MR) is 186 cm³/mol. The number of hydrogen-bond donors (Lipinski definition) is 0. The summed E-state index contributed by atoms with van der Waals surface area (Å²) >= 11 is 0. The van der Waals surface area contributed by atoms with Crippen LogP contribution in [0, 0.1) is 0 Å². The first-order valence-corrected chi connectivity index (χ1v) is 15.3. The molecule has 0 fully saturated rings. The van der Waals surface area contributed by atoms with Crippen LogP contribution in [-0.2, 0) is 0 Å². The van der Waals surface area contributed by atoms with Gasteiger partial charge in [0, 0.05) is 50.4 Å². The summed E-state index contributed by atoms with van der Waals surface area (Å²) in [6.45, 7) is 0. The molecule has 0 aliphatic heterocycles. The lowest BCUT2D eigenvalue weighted by Crippen LogP contribution is -2.10. The number of para-hydroxylation sites is 4. The van der Waals surface area contributed by atoms with E-state index in [0.717, 1.165) is 94.1 Å². The fourth-order valence-electron chi connectivity index (χ4n) is 6.81. The van der Waals surface area contributed by atoms with Crippen molar-refractivity contribution in [2.45, 2.75) is 0 Å². The van der Waals surface area contributed by atoms with E-state index in [2.05, 4.69) is 88.7 Å². The van der Waals surface area contributed by atoms with Gasteiger partial charge in [-0.1, -0.05) is 72.8 Å². The average Bonchev–Trinajstić information content (AvgIpc) is 3.80. The Morgan fingerprint density at radius 1 is 0.435 bits per heavy atom. The highest BCUT2D eigenvalue weighted by atomic mass is 16.3. The molecule has 0 saturated heterocycles. The second-order valence-electron chi connectivity index (χ2n) is 11.5. The molecule has 0 atom stereocenters. The second-order valence-corrected chi connectivity index (χ2v) is 11.5. The Hall–Kier alpha value is -6.33. The van der Waals surface area contributed by atoms with Crippen LogP contribution in [-0.4, -0.2) is 4.98 Å². The molecule has 0 aliphatic carbocycles. The maximum absolute atomic E-state index is 6.53. The molecule has 0 radical (unpaired) electrons. The van der Waals surface area contributed by atoms with Gasteiger partial charge in [-0.3, -0.25) is 4.98 Å². The summed E-state index contributed by atoms with van der Waals surface area (Å²) in [6.07, 6.45) is 1.85. The van der Waals surface area contributed by atoms with E-state index in [1.165, 1.54) is 0 Å². The van der Waals surface area contributed by atoms with Gasteiger partial charge in [0.15, 0.2) is 11.2 Å². The summed E-state index contributed by atoms with van der Waals surface area (Å²) < 4.78 is 19.2. The van der Waals surface area contributed by atoms with Crippen LogP contribution in [0.25, 0.3) is 77.1 Å². The molecule has 10 rings (SSSR count). The van der Waals surface area contributed by atoms with E-state index in [9.17, 15) is 0 Å². The largest absolute Gasteiger partial charge is 0.456 e. The van der Waals surface area contributed by atoms with Gasteiger partial charge in [-0.25, -0.2) is 0 Å². The van der Waals surface area contributed by atoms with Crippen LogP contribution in [0.1, 0.15) is 0 Å². The first-order valence-electron chi connectivity index (χ1n) is 15.3. The van der Waals surface area contributed by atoms with Gasteiger partial charge in [0.25, 0.3) is 0 Å². The van der Waals surface area contributed by atoms with Crippen molar-refractivity contribution >= 4 is 83.0 Å². The zero-order valence-corrected chi connectivity index (χ0v) is 24.5. The van der Waals surface area contributed by atoms with Crippen LogP contribution in [0.2, 0.25) is 0 Å². The molecule has 216 valence electrons. The minimum absolute atomic E-state index is 0.788. The monoisotopic (exact) mass is 592 g/mol. The number of nitrogens with zero attached hydrogens (tertiary/aromatic N) is 2. The SMILES string of the molecule is c1ccc2c(c1)oc1cc(N(c3ccc(-c4ccnc5c4oc4ccccc45)cc3)c3cccc4c3oc3ccccc34)ccc12. The van der Waals surface area contributed by atoms with Crippen LogP contribution in [0.15, 0.2) is 159 Å². The maximum Gasteiger partial charge on any atom is 0.161 e. The van der Waals surface area contributed by atoms with E-state index < -0.39 is 0 Å². The van der Waals surface area contributed by atoms with Crippen LogP contribution < -0.4 is 4.90 Å². The third kappa shape index (κ3) is 3.66. The van der Waals surface area contributed by atoms with Crippen LogP contribution in [0.5, 0.6) is 0 Å². The first-order chi connectivity index (χ1) is 22.8. The predicted octanol–water partition coefficient (Wildman–Crippen LogP) is 11.9. The van der Waals surface area contributed by atoms with Gasteiger partial charge in [0.2, 0.25) is 0 Å². The standard InChI is InChI=1S/C41H24N2O3/c1-4-13-35-29(8-1)31-21-20-27(24-38(31)44-35)43(34-12-7-11-32-30-9-2-5-14-36(30)45-40(32)34)26-18-16-25(17-19-26)28-22-23-42-39-33-10-3-6-15-37(33)46-41(28)39/h1-24H. The van der Waals surface area contributed by atoms with Crippen molar-refractivity contribution in [2.24, 2.45) is 0 Å². The third-order valence-electron chi connectivity index (χ3n) is 8.94. The molecule has 10 aromatic rings. The van der Waals surface area contributed by atoms with Crippen molar-refractivity contribution in [2.75, 3.05) is 4.90 Å². The molecular formula is C41H24N2O3. The highest BCUT2D eigenvalue weighted by Crippen LogP contribution is 2.44. The van der Waals surface area contributed by atoms with Crippen LogP contribution in [0.3, 0.4) is 0 Å². The summed E-state index contributed by atoms with van der Waals surface area (Å²) in [4.78, 5) is 6.89. The van der Waals surface area contributed by atoms with E-state index in [-0.39, 0.29) is 0 Å². The summed E-state index contributed by atoms with van der Waals surface area (Å²) in [5.41, 5.74) is 10.8. The van der Waals surface area contributed by atoms with Gasteiger partial charge in [0.05, 0.1) is 11.4 Å². The number of fused-ring (bicyclic) bond motifs is 9. The molecule has 4 heterocycles. The zero-order valence-electron chi connectivity index (χ0n) is 24.5. The Balaban J connectivity index is 1.17. The number of aromatic nitrogens is 1. The number of rotatable bonds is 4. The first kappa shape index (κ1) is 25.0. The van der Waals surface area contributed by atoms with Crippen molar-refractivity contribution in [1.29, 1.82) is 0 Å². The van der Waals surface area contributed by atoms with Crippen molar-refractivity contribution in [3.05, 3.63) is 146 Å². The van der Waals surface area contributed by atoms with E-state index >= 15 is 0 Å². The van der Waals surface area contributed by atoms with E-state index in [4.69, 9.17) is 13.3 Å². The highest BCUT2D eigenvalue weighted by Gasteiger charge is 2.21. The lowest BCUT2D eigenvalue weighted by Gasteiger charge is -2.25. The minimum Gasteiger partial charge on any atom is -0.456 e. The molecule has 0 bridgehead atoms. The van der Waals surface area contributed by atoms with Crippen LogP contribution >= 0.6 is 0 Å². The Morgan fingerprint density at radius 2 is 1.04 bits per heavy atom. The van der Waals surface area contributed by atoms with Gasteiger partial charge in [0.1, 0.15) is 27.8 Å². The number of pyridine rings is 1. The summed E-state index contributed by atoms with van der Waals surface area (Å²) in [5.74, 6) is 0. The molecule has 4 aromatic heterocycles. The van der Waals surface area contributed by atoms with E-state index in [0.29, 0.717) is 0 Å². The van der Waals surface area contributed by atoms with Gasteiger partial charge in [-0.15, -0.1) is 0 Å². The lowest BCUT2D eigenvalue weighted by atomic mass is 10.0. The van der Waals surface area contributed by atoms with E-state index in [1.807, 2.05) is 66.9 Å². The maximum atomic E-state index is 6.53. The Bertz CT molecular complexity index is 2770. The topological polar surface area (TPSA) is 55.6 Å². The molecule has 6 aromatic carbocycles. The summed E-state index contributed by atoms with van der Waals surface area (Å²) in [5, 5.41) is 5.37. The van der Waals surface area contributed by atoms with Crippen molar-refractivity contribution in [3.63, 3.8) is 0 Å². The minimum atomic E-state index is 0.788. The molecule has 0 N–H and O–H groups in total. The smallest absolute Gasteiger partial charge is 0.161 e. The Kier molecular flexibility index (Phi) is 5.22. The molecule has 46 heavy (non-hydrogen) atoms. The Labute approximate surface area is 262 Å². The number of furan rings is 3. The number of anilines is 3. The molecule has 0 saturated carbocycles. The van der Waals surface area contributed by atoms with Gasteiger partial charge >= 0.3 is 0 Å². The Morgan fingerprint density at radius 3 is 1.85 bits per heavy atom. The number of hydrogen-bond acceptors (Lipinski definition) is 5. The summed E-state index contributed by atoms with van der Waals surface area (Å²) in [6, 6.07) is 47.7. The van der Waals surface area contributed by atoms with Gasteiger partial charge in [-0.2, -0.15) is 0 Å². The second kappa shape index (κ2) is 9.58. The van der Waals surface area contributed by atoms with Crippen molar-refractivity contribution < 1.29 is 13.3 Å². The molecule has 0 spiro atoms. The molecule has 0 aliphatic rings. The normalized spacial score (nSPS) is 11.9. The van der Waals surface area contributed by atoms with Gasteiger partial charge < -0.3 is 18.2 Å². The quantitative estimate of drug-likeness (QED) is 0.203. The average molecular weight is 593 g/mol. The highest BCUT2D eigenvalue weighted by molar-refractivity contribution is 6.11. The third-order valence-corrected chi connectivity index (χ3v) is 8.94. The molecule has 5 nitrogen and oxygen atoms in total. The fraction of sp³-hybridized carbons (Fsp3) is 0. The lowest BCUT2D eigenvalue weighted by molar-refractivity contribution is 0.667. The van der Waals surface area contributed by atoms with Gasteiger partial charge in [-0.05, 0) is 66.2 Å². The zero-order chi connectivity index (χ0) is 30.2. The van der Waals surface area contributed by atoms with E-state index in [1.54, 1.807) is 0 Å². The molecule has 5 heteroatoms. The summed E-state index contributed by atoms with van der Waals surface area (Å²) in [7, 11) is 0.